The summed E-state index contributed by atoms with van der Waals surface area (Å²) in [5, 5.41) is 17.6. The molecule has 1 N–H and O–H groups in total. The summed E-state index contributed by atoms with van der Waals surface area (Å²) in [4.78, 5) is 10.5. The fourth-order valence-electron chi connectivity index (χ4n) is 1.96. The van der Waals surface area contributed by atoms with Crippen molar-refractivity contribution in [2.75, 3.05) is 5.32 Å². The Labute approximate surface area is 114 Å². The molecule has 0 amide bonds. The van der Waals surface area contributed by atoms with Crippen molar-refractivity contribution in [2.24, 2.45) is 7.05 Å². The zero-order valence-corrected chi connectivity index (χ0v) is 11.5. The van der Waals surface area contributed by atoms with E-state index >= 15 is 0 Å². The van der Waals surface area contributed by atoms with Crippen molar-refractivity contribution < 1.29 is 18.1 Å². The van der Waals surface area contributed by atoms with Crippen LogP contribution in [-0.4, -0.2) is 26.9 Å². The molecule has 0 aliphatic rings. The highest BCUT2D eigenvalue weighted by Crippen LogP contribution is 2.31. The van der Waals surface area contributed by atoms with Crippen molar-refractivity contribution in [3.63, 3.8) is 0 Å². The molecular weight excluding hydrogens is 277 g/mol. The highest BCUT2D eigenvalue weighted by molar-refractivity contribution is 5.60. The van der Waals surface area contributed by atoms with Crippen molar-refractivity contribution in [3.05, 3.63) is 15.8 Å². The molecule has 0 aliphatic heterocycles. The molecule has 1 heterocycles. The Bertz CT molecular complexity index is 485. The van der Waals surface area contributed by atoms with Crippen LogP contribution < -0.4 is 5.32 Å². The molecule has 1 rings (SSSR count). The summed E-state index contributed by atoms with van der Waals surface area (Å²) in [5.74, 6) is 0.00944. The fourth-order valence-corrected chi connectivity index (χ4v) is 1.96. The van der Waals surface area contributed by atoms with Crippen molar-refractivity contribution in [2.45, 2.75) is 45.3 Å². The van der Waals surface area contributed by atoms with Gasteiger partial charge in [0.1, 0.15) is 5.69 Å². The summed E-state index contributed by atoms with van der Waals surface area (Å²) in [6.45, 7) is 3.17. The summed E-state index contributed by atoms with van der Waals surface area (Å²) >= 11 is 0. The molecule has 9 heteroatoms. The highest BCUT2D eigenvalue weighted by atomic mass is 19.4. The van der Waals surface area contributed by atoms with Gasteiger partial charge in [-0.25, -0.2) is 4.68 Å². The second-order valence-electron chi connectivity index (χ2n) is 4.64. The number of hydrogen-bond donors (Lipinski definition) is 1. The first-order valence-electron chi connectivity index (χ1n) is 6.19. The van der Waals surface area contributed by atoms with E-state index in [4.69, 9.17) is 0 Å². The highest BCUT2D eigenvalue weighted by Gasteiger charge is 2.32. The minimum atomic E-state index is -4.33. The number of aryl methyl sites for hydroxylation is 2. The number of nitro groups is 1. The molecule has 0 radical (unpaired) electrons. The van der Waals surface area contributed by atoms with Gasteiger partial charge in [0, 0.05) is 13.1 Å². The van der Waals surface area contributed by atoms with Gasteiger partial charge in [-0.3, -0.25) is 10.1 Å². The first-order valence-corrected chi connectivity index (χ1v) is 6.19. The molecule has 0 bridgehead atoms. The number of hydrogen-bond acceptors (Lipinski definition) is 4. The first-order chi connectivity index (χ1) is 9.15. The third-order valence-corrected chi connectivity index (χ3v) is 2.68. The van der Waals surface area contributed by atoms with E-state index in [9.17, 15) is 23.3 Å². The Morgan fingerprint density at radius 1 is 1.50 bits per heavy atom. The molecule has 20 heavy (non-hydrogen) atoms. The van der Waals surface area contributed by atoms with Gasteiger partial charge in [0.05, 0.1) is 11.3 Å². The maximum absolute atomic E-state index is 12.3. The van der Waals surface area contributed by atoms with E-state index in [-0.39, 0.29) is 17.2 Å². The van der Waals surface area contributed by atoms with Gasteiger partial charge >= 0.3 is 11.9 Å². The molecule has 0 fully saturated rings. The minimum absolute atomic E-state index is 0.00944. The Hall–Kier alpha value is -1.80. The maximum Gasteiger partial charge on any atom is 0.391 e. The van der Waals surface area contributed by atoms with E-state index < -0.39 is 23.6 Å². The summed E-state index contributed by atoms with van der Waals surface area (Å²) < 4.78 is 38.1. The van der Waals surface area contributed by atoms with E-state index in [1.807, 2.05) is 6.92 Å². The monoisotopic (exact) mass is 294 g/mol. The van der Waals surface area contributed by atoms with Crippen molar-refractivity contribution in [1.82, 2.24) is 9.78 Å². The van der Waals surface area contributed by atoms with E-state index in [0.29, 0.717) is 12.8 Å². The Balaban J connectivity index is 3.02. The molecule has 1 aromatic heterocycles. The quantitative estimate of drug-likeness (QED) is 0.646. The van der Waals surface area contributed by atoms with Gasteiger partial charge in [0.25, 0.3) is 0 Å². The van der Waals surface area contributed by atoms with Crippen LogP contribution in [0.5, 0.6) is 0 Å². The van der Waals surface area contributed by atoms with Gasteiger partial charge < -0.3 is 5.32 Å². The molecule has 0 saturated heterocycles. The van der Waals surface area contributed by atoms with Crippen molar-refractivity contribution in [1.29, 1.82) is 0 Å². The maximum atomic E-state index is 12.3. The number of rotatable bonds is 6. The second kappa shape index (κ2) is 6.10. The molecule has 6 nitrogen and oxygen atoms in total. The summed E-state index contributed by atoms with van der Waals surface area (Å²) in [5.41, 5.74) is 0.0325. The number of aromatic nitrogens is 2. The summed E-state index contributed by atoms with van der Waals surface area (Å²) in [7, 11) is 1.47. The van der Waals surface area contributed by atoms with Crippen LogP contribution in [0.1, 0.15) is 32.4 Å². The average molecular weight is 294 g/mol. The lowest BCUT2D eigenvalue weighted by Crippen LogP contribution is -2.25. The largest absolute Gasteiger partial charge is 0.391 e. The van der Waals surface area contributed by atoms with Gasteiger partial charge in [-0.1, -0.05) is 13.3 Å². The normalized spacial score (nSPS) is 13.3. The Morgan fingerprint density at radius 2 is 2.10 bits per heavy atom. The molecule has 1 unspecified atom stereocenters. The second-order valence-corrected chi connectivity index (χ2v) is 4.64. The van der Waals surface area contributed by atoms with Crippen LogP contribution in [0.2, 0.25) is 0 Å². The van der Waals surface area contributed by atoms with Crippen LogP contribution in [0.3, 0.4) is 0 Å². The van der Waals surface area contributed by atoms with Gasteiger partial charge in [-0.2, -0.15) is 18.3 Å². The predicted molar refractivity (Wildman–Crippen MR) is 67.6 cm³/mol. The van der Waals surface area contributed by atoms with Crippen LogP contribution in [0, 0.1) is 10.1 Å². The van der Waals surface area contributed by atoms with Crippen molar-refractivity contribution >= 4 is 11.5 Å². The first kappa shape index (κ1) is 16.3. The molecule has 0 saturated carbocycles. The third kappa shape index (κ3) is 4.10. The average Bonchev–Trinajstić information content (AvgIpc) is 2.53. The zero-order valence-electron chi connectivity index (χ0n) is 11.5. The minimum Gasteiger partial charge on any atom is -0.362 e. The SMILES string of the molecule is CCCc1nn(C)c(NC(C)CC(F)(F)F)c1[N+](=O)[O-]. The fraction of sp³-hybridized carbons (Fsp3) is 0.727. The Morgan fingerprint density at radius 3 is 2.55 bits per heavy atom. The predicted octanol–water partition coefficient (Wildman–Crippen LogP) is 3.03. The van der Waals surface area contributed by atoms with Crippen molar-refractivity contribution in [3.8, 4) is 0 Å². The van der Waals surface area contributed by atoms with Gasteiger partial charge in [-0.15, -0.1) is 0 Å². The number of halogens is 3. The van der Waals surface area contributed by atoms with Gasteiger partial charge in [0.2, 0.25) is 5.82 Å². The number of nitrogens with one attached hydrogen (secondary N) is 1. The molecule has 0 spiro atoms. The van der Waals surface area contributed by atoms with Crippen LogP contribution in [0.15, 0.2) is 0 Å². The lowest BCUT2D eigenvalue weighted by Gasteiger charge is -2.16. The molecule has 1 aromatic rings. The topological polar surface area (TPSA) is 73.0 Å². The summed E-state index contributed by atoms with van der Waals surface area (Å²) in [6.07, 6.45) is -4.33. The van der Waals surface area contributed by atoms with E-state index in [2.05, 4.69) is 10.4 Å². The standard InChI is InChI=1S/C11H17F3N4O2/c1-4-5-8-9(18(19)20)10(17(3)16-8)15-7(2)6-11(12,13)14/h7,15H,4-6H2,1-3H3. The molecule has 114 valence electrons. The van der Waals surface area contributed by atoms with Crippen LogP contribution in [0.25, 0.3) is 0 Å². The van der Waals surface area contributed by atoms with E-state index in [1.54, 1.807) is 0 Å². The lowest BCUT2D eigenvalue weighted by molar-refractivity contribution is -0.384. The van der Waals surface area contributed by atoms with Crippen LogP contribution >= 0.6 is 0 Å². The zero-order chi connectivity index (χ0) is 15.5. The molecule has 1 atom stereocenters. The number of alkyl halides is 3. The smallest absolute Gasteiger partial charge is 0.362 e. The number of anilines is 1. The van der Waals surface area contributed by atoms with E-state index in [0.717, 1.165) is 0 Å². The van der Waals surface area contributed by atoms with Crippen LogP contribution in [-0.2, 0) is 13.5 Å². The number of nitrogens with zero attached hydrogens (tertiary/aromatic N) is 3. The molecule has 0 aromatic carbocycles. The van der Waals surface area contributed by atoms with E-state index in [1.165, 1.54) is 18.7 Å². The molecule has 0 aliphatic carbocycles. The lowest BCUT2D eigenvalue weighted by atomic mass is 10.2. The molecular formula is C11H17F3N4O2. The van der Waals surface area contributed by atoms with Gasteiger partial charge in [0.15, 0.2) is 0 Å². The third-order valence-electron chi connectivity index (χ3n) is 2.68. The van der Waals surface area contributed by atoms with Gasteiger partial charge in [-0.05, 0) is 13.3 Å². The Kier molecular flexibility index (Phi) is 4.96. The van der Waals surface area contributed by atoms with Crippen LogP contribution in [0.4, 0.5) is 24.7 Å². The summed E-state index contributed by atoms with van der Waals surface area (Å²) in [6, 6.07) is -0.974.